The third-order valence-electron chi connectivity index (χ3n) is 3.02. The minimum absolute atomic E-state index is 0.0947. The number of hydrogen-bond acceptors (Lipinski definition) is 5. The second-order valence-electron chi connectivity index (χ2n) is 4.38. The Balaban J connectivity index is 2.54. The zero-order valence-corrected chi connectivity index (χ0v) is 13.4. The molecule has 0 aromatic carbocycles. The smallest absolute Gasteiger partial charge is 0.293 e. The van der Waals surface area contributed by atoms with Crippen LogP contribution in [0.4, 0.5) is 0 Å². The minimum Gasteiger partial charge on any atom is -0.481 e. The first kappa shape index (κ1) is 16.0. The van der Waals surface area contributed by atoms with Gasteiger partial charge in [-0.3, -0.25) is 4.18 Å². The van der Waals surface area contributed by atoms with Gasteiger partial charge in [0.1, 0.15) is 0 Å². The van der Waals surface area contributed by atoms with E-state index in [9.17, 15) is 8.42 Å². The van der Waals surface area contributed by atoms with Crippen molar-refractivity contribution in [3.05, 3.63) is 39.9 Å². The normalized spacial score (nSPS) is 15.9. The lowest BCUT2D eigenvalue weighted by molar-refractivity contribution is 0.342. The van der Waals surface area contributed by atoms with E-state index in [-0.39, 0.29) is 11.5 Å². The lowest BCUT2D eigenvalue weighted by Crippen LogP contribution is -2.12. The van der Waals surface area contributed by atoms with Crippen molar-refractivity contribution in [2.24, 2.45) is 0 Å². The van der Waals surface area contributed by atoms with E-state index in [0.717, 1.165) is 0 Å². The molecule has 0 fully saturated rings. The summed E-state index contributed by atoms with van der Waals surface area (Å²) in [6.07, 6.45) is 4.01. The van der Waals surface area contributed by atoms with Gasteiger partial charge in [-0.1, -0.05) is 11.6 Å². The molecule has 0 bridgehead atoms. The number of halogens is 1. The van der Waals surface area contributed by atoms with Crippen molar-refractivity contribution < 1.29 is 17.3 Å². The van der Waals surface area contributed by atoms with Gasteiger partial charge in [-0.25, -0.2) is 4.98 Å². The Bertz CT molecular complexity index is 677. The van der Waals surface area contributed by atoms with Gasteiger partial charge in [0.05, 0.1) is 18.6 Å². The molecule has 1 heterocycles. The van der Waals surface area contributed by atoms with Gasteiger partial charge in [-0.2, -0.15) is 8.42 Å². The maximum Gasteiger partial charge on any atom is 0.293 e. The van der Waals surface area contributed by atoms with E-state index in [2.05, 4.69) is 4.98 Å². The van der Waals surface area contributed by atoms with Crippen molar-refractivity contribution in [2.45, 2.75) is 19.8 Å². The van der Waals surface area contributed by atoms with Crippen molar-refractivity contribution in [3.63, 3.8) is 0 Å². The molecule has 21 heavy (non-hydrogen) atoms. The number of nitrogens with zero attached hydrogens (tertiary/aromatic N) is 1. The van der Waals surface area contributed by atoms with E-state index in [0.29, 0.717) is 34.9 Å². The highest BCUT2D eigenvalue weighted by Gasteiger charge is 2.26. The first-order valence-corrected chi connectivity index (χ1v) is 8.25. The number of pyridine rings is 1. The summed E-state index contributed by atoms with van der Waals surface area (Å²) in [5.74, 6) is 0.458. The number of hydrogen-bond donors (Lipinski definition) is 0. The predicted octanol–water partition coefficient (Wildman–Crippen LogP) is 3.08. The number of ether oxygens (including phenoxy) is 1. The summed E-state index contributed by atoms with van der Waals surface area (Å²) >= 11 is 6.06. The molecule has 0 N–H and O–H groups in total. The summed E-state index contributed by atoms with van der Waals surface area (Å²) in [4.78, 5) is 4.33. The van der Waals surface area contributed by atoms with Crippen LogP contribution in [0, 0.1) is 0 Å². The van der Waals surface area contributed by atoms with Crippen LogP contribution in [0.2, 0.25) is 0 Å². The molecule has 0 spiro atoms. The van der Waals surface area contributed by atoms with Crippen molar-refractivity contribution in [1.82, 2.24) is 4.98 Å². The molecule has 0 aliphatic heterocycles. The molecule has 1 aromatic rings. The maximum absolute atomic E-state index is 12.2. The van der Waals surface area contributed by atoms with Gasteiger partial charge < -0.3 is 4.74 Å². The number of aromatic nitrogens is 1. The van der Waals surface area contributed by atoms with Crippen LogP contribution in [-0.2, 0) is 14.3 Å². The third-order valence-corrected chi connectivity index (χ3v) is 4.90. The van der Waals surface area contributed by atoms with Crippen LogP contribution in [0.1, 0.15) is 25.3 Å². The maximum atomic E-state index is 12.2. The Hall–Kier alpha value is -1.37. The summed E-state index contributed by atoms with van der Waals surface area (Å²) in [6, 6.07) is 3.41. The van der Waals surface area contributed by atoms with Gasteiger partial charge in [0.25, 0.3) is 10.1 Å². The quantitative estimate of drug-likeness (QED) is 0.777. The summed E-state index contributed by atoms with van der Waals surface area (Å²) in [5.41, 5.74) is 1.18. The molecule has 1 aromatic heterocycles. The number of allylic oxidation sites excluding steroid dienone is 4. The summed E-state index contributed by atoms with van der Waals surface area (Å²) in [6.45, 7) is 1.73. The fourth-order valence-corrected chi connectivity index (χ4v) is 3.52. The van der Waals surface area contributed by atoms with Crippen molar-refractivity contribution in [2.75, 3.05) is 13.7 Å². The van der Waals surface area contributed by atoms with E-state index >= 15 is 0 Å². The van der Waals surface area contributed by atoms with E-state index in [4.69, 9.17) is 20.5 Å². The second kappa shape index (κ2) is 6.60. The Morgan fingerprint density at radius 3 is 2.67 bits per heavy atom. The molecule has 114 valence electrons. The summed E-state index contributed by atoms with van der Waals surface area (Å²) < 4.78 is 34.3. The molecule has 7 heteroatoms. The van der Waals surface area contributed by atoms with E-state index in [1.54, 1.807) is 31.3 Å². The molecule has 0 saturated heterocycles. The summed E-state index contributed by atoms with van der Waals surface area (Å²) in [7, 11) is -2.23. The minimum atomic E-state index is -3.75. The van der Waals surface area contributed by atoms with Gasteiger partial charge in [-0.05, 0) is 31.9 Å². The Morgan fingerprint density at radius 1 is 1.33 bits per heavy atom. The van der Waals surface area contributed by atoms with Crippen LogP contribution in [0.3, 0.4) is 0 Å². The molecule has 0 saturated carbocycles. The van der Waals surface area contributed by atoms with E-state index in [1.165, 1.54) is 7.11 Å². The molecule has 2 rings (SSSR count). The van der Waals surface area contributed by atoms with Gasteiger partial charge in [0.15, 0.2) is 0 Å². The van der Waals surface area contributed by atoms with Gasteiger partial charge in [-0.15, -0.1) is 0 Å². The van der Waals surface area contributed by atoms with E-state index in [1.807, 2.05) is 0 Å². The fraction of sp³-hybridized carbons (Fsp3) is 0.357. The largest absolute Gasteiger partial charge is 0.481 e. The Labute approximate surface area is 129 Å². The zero-order valence-electron chi connectivity index (χ0n) is 11.8. The molecule has 1 aliphatic rings. The highest BCUT2D eigenvalue weighted by Crippen LogP contribution is 2.35. The van der Waals surface area contributed by atoms with Crippen molar-refractivity contribution in [3.8, 4) is 5.88 Å². The average molecular weight is 330 g/mol. The Morgan fingerprint density at radius 2 is 2.10 bits per heavy atom. The molecule has 0 radical (unpaired) electrons. The molecule has 1 aliphatic carbocycles. The molecular formula is C14H16ClNO4S. The van der Waals surface area contributed by atoms with Crippen LogP contribution < -0.4 is 4.74 Å². The highest BCUT2D eigenvalue weighted by molar-refractivity contribution is 7.90. The second-order valence-corrected chi connectivity index (χ2v) is 6.50. The SMILES string of the molecule is CCOS(=O)(=O)C1=C(c2ccc(OC)nc2)C=C(Cl)CC1. The van der Waals surface area contributed by atoms with Gasteiger partial charge in [0, 0.05) is 28.4 Å². The monoisotopic (exact) mass is 329 g/mol. The van der Waals surface area contributed by atoms with Gasteiger partial charge in [0.2, 0.25) is 5.88 Å². The van der Waals surface area contributed by atoms with E-state index < -0.39 is 10.1 Å². The molecular weight excluding hydrogens is 314 g/mol. The summed E-state index contributed by atoms with van der Waals surface area (Å²) in [5, 5.41) is 0.608. The van der Waals surface area contributed by atoms with Crippen LogP contribution in [0.5, 0.6) is 5.88 Å². The third kappa shape index (κ3) is 3.64. The van der Waals surface area contributed by atoms with Crippen LogP contribution in [0.25, 0.3) is 5.57 Å². The fourth-order valence-electron chi connectivity index (χ4n) is 2.07. The van der Waals surface area contributed by atoms with Crippen molar-refractivity contribution in [1.29, 1.82) is 0 Å². The number of methoxy groups -OCH3 is 1. The first-order valence-electron chi connectivity index (χ1n) is 6.47. The molecule has 0 amide bonds. The highest BCUT2D eigenvalue weighted by atomic mass is 35.5. The zero-order chi connectivity index (χ0) is 15.5. The first-order chi connectivity index (χ1) is 9.97. The molecule has 0 atom stereocenters. The van der Waals surface area contributed by atoms with Crippen LogP contribution >= 0.6 is 11.6 Å². The van der Waals surface area contributed by atoms with Crippen molar-refractivity contribution >= 4 is 27.3 Å². The van der Waals surface area contributed by atoms with Gasteiger partial charge >= 0.3 is 0 Å². The lowest BCUT2D eigenvalue weighted by Gasteiger charge is -2.17. The van der Waals surface area contributed by atoms with Crippen LogP contribution in [0.15, 0.2) is 34.3 Å². The average Bonchev–Trinajstić information content (AvgIpc) is 2.47. The Kier molecular flexibility index (Phi) is 5.03. The topological polar surface area (TPSA) is 65.5 Å². The standard InChI is InChI=1S/C14H16ClNO4S/c1-3-20-21(17,18)13-6-5-11(15)8-12(13)10-4-7-14(19-2)16-9-10/h4,7-9H,3,5-6H2,1-2H3. The molecule has 0 unspecified atom stereocenters. The lowest BCUT2D eigenvalue weighted by atomic mass is 10.0. The molecule has 5 nitrogen and oxygen atoms in total. The van der Waals surface area contributed by atoms with Crippen LogP contribution in [-0.4, -0.2) is 27.1 Å². The number of rotatable bonds is 5. The predicted molar refractivity (Wildman–Crippen MR) is 81.4 cm³/mol.